The molecule has 0 bridgehead atoms. The highest BCUT2D eigenvalue weighted by Crippen LogP contribution is 2.33. The van der Waals surface area contributed by atoms with Gasteiger partial charge in [0.1, 0.15) is 11.6 Å². The van der Waals surface area contributed by atoms with Gasteiger partial charge in [-0.25, -0.2) is 9.97 Å². The first-order chi connectivity index (χ1) is 15.1. The smallest absolute Gasteiger partial charge is 0.433 e. The molecule has 176 valence electrons. The predicted octanol–water partition coefficient (Wildman–Crippen LogP) is 5.54. The zero-order valence-corrected chi connectivity index (χ0v) is 19.4. The number of carbonyl (C=O) groups is 1. The van der Waals surface area contributed by atoms with Crippen LogP contribution in [-0.2, 0) is 11.9 Å². The summed E-state index contributed by atoms with van der Waals surface area (Å²) in [4.78, 5) is 22.0. The second kappa shape index (κ2) is 10.6. The molecule has 32 heavy (non-hydrogen) atoms. The van der Waals surface area contributed by atoms with Crippen LogP contribution < -0.4 is 10.2 Å². The van der Waals surface area contributed by atoms with Gasteiger partial charge in [0.25, 0.3) is 5.91 Å². The number of amides is 1. The SMILES string of the molecule is CC(C)CNC(=O)c1ccc(CSc2nc(N(C)C3CCCCC3)cc(C(F)(F)F)n2)o1. The minimum Gasteiger partial charge on any atom is -0.455 e. The molecule has 0 aromatic carbocycles. The maximum Gasteiger partial charge on any atom is 0.433 e. The van der Waals surface area contributed by atoms with Crippen LogP contribution in [0.5, 0.6) is 0 Å². The van der Waals surface area contributed by atoms with Crippen LogP contribution in [0.15, 0.2) is 27.8 Å². The molecule has 6 nitrogen and oxygen atoms in total. The van der Waals surface area contributed by atoms with Crippen molar-refractivity contribution in [2.24, 2.45) is 5.92 Å². The number of anilines is 1. The molecular weight excluding hydrogens is 441 g/mol. The number of hydrogen-bond acceptors (Lipinski definition) is 6. The van der Waals surface area contributed by atoms with Crippen LogP contribution in [0.2, 0.25) is 0 Å². The van der Waals surface area contributed by atoms with E-state index in [2.05, 4.69) is 15.3 Å². The van der Waals surface area contributed by atoms with Gasteiger partial charge in [-0.15, -0.1) is 0 Å². The van der Waals surface area contributed by atoms with Crippen LogP contribution in [-0.4, -0.2) is 35.5 Å². The highest BCUT2D eigenvalue weighted by Gasteiger charge is 2.34. The van der Waals surface area contributed by atoms with Gasteiger partial charge in [-0.3, -0.25) is 4.79 Å². The van der Waals surface area contributed by atoms with Gasteiger partial charge in [-0.1, -0.05) is 44.9 Å². The van der Waals surface area contributed by atoms with Crippen molar-refractivity contribution in [2.75, 3.05) is 18.5 Å². The van der Waals surface area contributed by atoms with Crippen molar-refractivity contribution in [3.8, 4) is 0 Å². The van der Waals surface area contributed by atoms with Gasteiger partial charge < -0.3 is 14.6 Å². The lowest BCUT2D eigenvalue weighted by atomic mass is 9.94. The van der Waals surface area contributed by atoms with E-state index in [9.17, 15) is 18.0 Å². The van der Waals surface area contributed by atoms with Gasteiger partial charge >= 0.3 is 6.18 Å². The minimum absolute atomic E-state index is 0.0275. The zero-order chi connectivity index (χ0) is 23.3. The molecule has 1 amide bonds. The largest absolute Gasteiger partial charge is 0.455 e. The third-order valence-corrected chi connectivity index (χ3v) is 6.24. The maximum absolute atomic E-state index is 13.5. The van der Waals surface area contributed by atoms with Crippen molar-refractivity contribution in [3.05, 3.63) is 35.4 Å². The third kappa shape index (κ3) is 6.63. The summed E-state index contributed by atoms with van der Waals surface area (Å²) in [6.45, 7) is 4.50. The van der Waals surface area contributed by atoms with E-state index in [-0.39, 0.29) is 34.4 Å². The highest BCUT2D eigenvalue weighted by atomic mass is 32.2. The molecule has 0 atom stereocenters. The van der Waals surface area contributed by atoms with E-state index in [1.807, 2.05) is 18.7 Å². The van der Waals surface area contributed by atoms with Gasteiger partial charge in [0.05, 0.1) is 5.75 Å². The molecule has 1 N–H and O–H groups in total. The molecule has 0 saturated heterocycles. The maximum atomic E-state index is 13.5. The van der Waals surface area contributed by atoms with Crippen molar-refractivity contribution < 1.29 is 22.4 Å². The molecule has 1 fully saturated rings. The molecular formula is C22H29F3N4O2S. The number of carbonyl (C=O) groups excluding carboxylic acids is 1. The molecule has 1 saturated carbocycles. The first-order valence-corrected chi connectivity index (χ1v) is 11.8. The molecule has 0 unspecified atom stereocenters. The number of halogens is 3. The first-order valence-electron chi connectivity index (χ1n) is 10.8. The van der Waals surface area contributed by atoms with Crippen LogP contribution >= 0.6 is 11.8 Å². The van der Waals surface area contributed by atoms with Gasteiger partial charge in [0, 0.05) is 25.7 Å². The van der Waals surface area contributed by atoms with E-state index < -0.39 is 11.9 Å². The second-order valence-corrected chi connectivity index (χ2v) is 9.40. The Morgan fingerprint density at radius 2 is 1.97 bits per heavy atom. The summed E-state index contributed by atoms with van der Waals surface area (Å²) in [6, 6.07) is 4.39. The summed E-state index contributed by atoms with van der Waals surface area (Å²) in [5.41, 5.74) is -0.958. The lowest BCUT2D eigenvalue weighted by Gasteiger charge is -2.32. The van der Waals surface area contributed by atoms with E-state index in [1.165, 1.54) is 0 Å². The zero-order valence-electron chi connectivity index (χ0n) is 18.5. The van der Waals surface area contributed by atoms with E-state index in [4.69, 9.17) is 4.42 Å². The monoisotopic (exact) mass is 470 g/mol. The Bertz CT molecular complexity index is 911. The fraction of sp³-hybridized carbons (Fsp3) is 0.591. The molecule has 2 aromatic rings. The number of nitrogens with zero attached hydrogens (tertiary/aromatic N) is 3. The summed E-state index contributed by atoms with van der Waals surface area (Å²) >= 11 is 1.05. The number of rotatable bonds is 8. The Morgan fingerprint density at radius 3 is 2.62 bits per heavy atom. The fourth-order valence-electron chi connectivity index (χ4n) is 3.56. The molecule has 0 radical (unpaired) electrons. The van der Waals surface area contributed by atoms with Crippen molar-refractivity contribution in [3.63, 3.8) is 0 Å². The number of hydrogen-bond donors (Lipinski definition) is 1. The molecule has 0 spiro atoms. The van der Waals surface area contributed by atoms with Gasteiger partial charge in [0.15, 0.2) is 16.6 Å². The molecule has 2 heterocycles. The molecule has 10 heteroatoms. The van der Waals surface area contributed by atoms with Gasteiger partial charge in [-0.2, -0.15) is 13.2 Å². The number of furan rings is 1. The third-order valence-electron chi connectivity index (χ3n) is 5.37. The van der Waals surface area contributed by atoms with E-state index in [0.717, 1.165) is 49.9 Å². The standard InChI is InChI=1S/C22H29F3N4O2S/c1-14(2)12-26-20(30)17-10-9-16(31-17)13-32-21-27-18(22(23,24)25)11-19(28-21)29(3)15-7-5-4-6-8-15/h9-11,14-15H,4-8,12-13H2,1-3H3,(H,26,30). The Balaban J connectivity index is 1.72. The average molecular weight is 471 g/mol. The number of thioether (sulfide) groups is 1. The summed E-state index contributed by atoms with van der Waals surface area (Å²) in [5, 5.41) is 2.79. The van der Waals surface area contributed by atoms with Gasteiger partial charge in [-0.05, 0) is 30.9 Å². The number of aromatic nitrogens is 2. The number of alkyl halides is 3. The topological polar surface area (TPSA) is 71.3 Å². The Morgan fingerprint density at radius 1 is 1.25 bits per heavy atom. The number of nitrogens with one attached hydrogen (secondary N) is 1. The summed E-state index contributed by atoms with van der Waals surface area (Å²) in [5.74, 6) is 1.11. The predicted molar refractivity (Wildman–Crippen MR) is 118 cm³/mol. The first kappa shape index (κ1) is 24.4. The molecule has 2 aromatic heterocycles. The van der Waals surface area contributed by atoms with E-state index >= 15 is 0 Å². The summed E-state index contributed by atoms with van der Waals surface area (Å²) in [6.07, 6.45) is 0.617. The van der Waals surface area contributed by atoms with Crippen LogP contribution in [0.1, 0.15) is 68.0 Å². The van der Waals surface area contributed by atoms with Crippen molar-refractivity contribution in [2.45, 2.75) is 69.1 Å². The molecule has 3 rings (SSSR count). The second-order valence-electron chi connectivity index (χ2n) is 8.45. The molecule has 1 aliphatic carbocycles. The van der Waals surface area contributed by atoms with Gasteiger partial charge in [0.2, 0.25) is 0 Å². The minimum atomic E-state index is -4.56. The molecule has 1 aliphatic rings. The van der Waals surface area contributed by atoms with Crippen molar-refractivity contribution in [1.82, 2.24) is 15.3 Å². The highest BCUT2D eigenvalue weighted by molar-refractivity contribution is 7.98. The Hall–Kier alpha value is -2.23. The lowest BCUT2D eigenvalue weighted by molar-refractivity contribution is -0.141. The van der Waals surface area contributed by atoms with Crippen molar-refractivity contribution >= 4 is 23.5 Å². The van der Waals surface area contributed by atoms with Crippen LogP contribution in [0.4, 0.5) is 19.0 Å². The summed E-state index contributed by atoms with van der Waals surface area (Å²) < 4.78 is 45.9. The Kier molecular flexibility index (Phi) is 8.08. The summed E-state index contributed by atoms with van der Waals surface area (Å²) in [7, 11) is 1.79. The lowest BCUT2D eigenvalue weighted by Crippen LogP contribution is -2.34. The van der Waals surface area contributed by atoms with E-state index in [0.29, 0.717) is 18.2 Å². The fourth-order valence-corrected chi connectivity index (χ4v) is 4.30. The average Bonchev–Trinajstić information content (AvgIpc) is 3.24. The van der Waals surface area contributed by atoms with Crippen LogP contribution in [0.25, 0.3) is 0 Å². The normalized spacial score (nSPS) is 15.2. The van der Waals surface area contributed by atoms with Crippen molar-refractivity contribution in [1.29, 1.82) is 0 Å². The van der Waals surface area contributed by atoms with Crippen LogP contribution in [0.3, 0.4) is 0 Å². The van der Waals surface area contributed by atoms with Crippen LogP contribution in [0, 0.1) is 5.92 Å². The quantitative estimate of drug-likeness (QED) is 0.404. The molecule has 0 aliphatic heterocycles. The Labute approximate surface area is 190 Å². The van der Waals surface area contributed by atoms with E-state index in [1.54, 1.807) is 19.2 Å².